The Morgan fingerprint density at radius 2 is 1.70 bits per heavy atom. The first-order valence-electron chi connectivity index (χ1n) is 6.33. The summed E-state index contributed by atoms with van der Waals surface area (Å²) in [5.74, 6) is 0.634. The van der Waals surface area contributed by atoms with E-state index in [2.05, 4.69) is 18.2 Å². The summed E-state index contributed by atoms with van der Waals surface area (Å²) in [5.41, 5.74) is 0.631. The van der Waals surface area contributed by atoms with E-state index >= 15 is 0 Å². The summed E-state index contributed by atoms with van der Waals surface area (Å²) in [4.78, 5) is 13.1. The van der Waals surface area contributed by atoms with Crippen LogP contribution in [0.15, 0.2) is 69.9 Å². The van der Waals surface area contributed by atoms with Crippen molar-refractivity contribution in [2.45, 2.75) is 0 Å². The summed E-state index contributed by atoms with van der Waals surface area (Å²) in [5, 5.41) is 1.79. The standard InChI is InChI=1S/C17H10O2S/c18-13-10-15(19-14-7-3-2-6-12(13)14)17-9-11-5-1-4-8-16(11)20-17/h1-10H. The maximum Gasteiger partial charge on any atom is 0.193 e. The zero-order valence-electron chi connectivity index (χ0n) is 10.5. The summed E-state index contributed by atoms with van der Waals surface area (Å²) in [6.45, 7) is 0. The van der Waals surface area contributed by atoms with E-state index in [1.165, 1.54) is 10.1 Å². The second-order valence-electron chi connectivity index (χ2n) is 4.62. The molecule has 20 heavy (non-hydrogen) atoms. The first kappa shape index (κ1) is 11.4. The number of hydrogen-bond acceptors (Lipinski definition) is 3. The van der Waals surface area contributed by atoms with Crippen molar-refractivity contribution in [1.29, 1.82) is 0 Å². The van der Waals surface area contributed by atoms with Gasteiger partial charge < -0.3 is 4.42 Å². The number of fused-ring (bicyclic) bond motifs is 2. The minimum Gasteiger partial charge on any atom is -0.455 e. The van der Waals surface area contributed by atoms with Crippen LogP contribution in [0.2, 0.25) is 0 Å². The molecule has 0 spiro atoms. The zero-order valence-corrected chi connectivity index (χ0v) is 11.3. The third-order valence-electron chi connectivity index (χ3n) is 3.30. The average molecular weight is 278 g/mol. The quantitative estimate of drug-likeness (QED) is 0.506. The molecule has 0 aliphatic carbocycles. The van der Waals surface area contributed by atoms with Gasteiger partial charge in [0.25, 0.3) is 0 Å². The lowest BCUT2D eigenvalue weighted by Gasteiger charge is -1.99. The lowest BCUT2D eigenvalue weighted by molar-refractivity contribution is 0.620. The molecule has 0 radical (unpaired) electrons. The first-order chi connectivity index (χ1) is 9.81. The predicted octanol–water partition coefficient (Wildman–Crippen LogP) is 4.67. The Bertz CT molecular complexity index is 946. The lowest BCUT2D eigenvalue weighted by atomic mass is 10.2. The molecule has 0 bridgehead atoms. The second-order valence-corrected chi connectivity index (χ2v) is 5.70. The molecule has 2 aromatic heterocycles. The fraction of sp³-hybridized carbons (Fsp3) is 0. The summed E-state index contributed by atoms with van der Waals surface area (Å²) in [7, 11) is 0. The molecule has 0 saturated heterocycles. The summed E-state index contributed by atoms with van der Waals surface area (Å²) in [6.07, 6.45) is 0. The Labute approximate surface area is 118 Å². The Morgan fingerprint density at radius 1 is 0.900 bits per heavy atom. The third-order valence-corrected chi connectivity index (χ3v) is 4.43. The van der Waals surface area contributed by atoms with E-state index in [1.54, 1.807) is 23.5 Å². The highest BCUT2D eigenvalue weighted by atomic mass is 32.1. The van der Waals surface area contributed by atoms with Crippen LogP contribution in [0.3, 0.4) is 0 Å². The van der Waals surface area contributed by atoms with Gasteiger partial charge in [0.05, 0.1) is 10.3 Å². The van der Waals surface area contributed by atoms with Crippen molar-refractivity contribution >= 4 is 32.4 Å². The molecular formula is C17H10O2S. The molecule has 2 aromatic carbocycles. The topological polar surface area (TPSA) is 30.2 Å². The highest BCUT2D eigenvalue weighted by molar-refractivity contribution is 7.22. The summed E-state index contributed by atoms with van der Waals surface area (Å²) < 4.78 is 7.06. The van der Waals surface area contributed by atoms with Gasteiger partial charge in [0.2, 0.25) is 0 Å². The van der Waals surface area contributed by atoms with Crippen LogP contribution >= 0.6 is 11.3 Å². The molecule has 0 aliphatic heterocycles. The second kappa shape index (κ2) is 4.32. The minimum absolute atomic E-state index is 0.000642. The van der Waals surface area contributed by atoms with E-state index in [9.17, 15) is 4.79 Å². The lowest BCUT2D eigenvalue weighted by Crippen LogP contribution is -1.99. The van der Waals surface area contributed by atoms with Crippen molar-refractivity contribution in [3.8, 4) is 10.6 Å². The number of hydrogen-bond donors (Lipinski definition) is 0. The molecule has 0 atom stereocenters. The van der Waals surface area contributed by atoms with Crippen molar-refractivity contribution in [3.05, 3.63) is 70.9 Å². The van der Waals surface area contributed by atoms with Crippen molar-refractivity contribution in [3.63, 3.8) is 0 Å². The van der Waals surface area contributed by atoms with Gasteiger partial charge in [0, 0.05) is 10.8 Å². The molecule has 0 N–H and O–H groups in total. The van der Waals surface area contributed by atoms with Crippen LogP contribution < -0.4 is 5.43 Å². The third kappa shape index (κ3) is 1.75. The van der Waals surface area contributed by atoms with Crippen LogP contribution in [-0.4, -0.2) is 0 Å². The van der Waals surface area contributed by atoms with E-state index in [4.69, 9.17) is 4.42 Å². The molecule has 0 aliphatic rings. The van der Waals surface area contributed by atoms with Crippen molar-refractivity contribution in [2.75, 3.05) is 0 Å². The molecule has 2 heterocycles. The Balaban J connectivity index is 1.99. The Hall–Kier alpha value is -2.39. The largest absolute Gasteiger partial charge is 0.455 e. The highest BCUT2D eigenvalue weighted by Gasteiger charge is 2.09. The van der Waals surface area contributed by atoms with Gasteiger partial charge in [0.1, 0.15) is 11.3 Å². The van der Waals surface area contributed by atoms with Crippen LogP contribution in [0.4, 0.5) is 0 Å². The monoisotopic (exact) mass is 278 g/mol. The van der Waals surface area contributed by atoms with E-state index < -0.39 is 0 Å². The average Bonchev–Trinajstić information content (AvgIpc) is 2.91. The van der Waals surface area contributed by atoms with Gasteiger partial charge >= 0.3 is 0 Å². The molecule has 4 aromatic rings. The number of benzene rings is 2. The summed E-state index contributed by atoms with van der Waals surface area (Å²) in [6, 6.07) is 19.1. The van der Waals surface area contributed by atoms with Gasteiger partial charge in [-0.1, -0.05) is 30.3 Å². The van der Waals surface area contributed by atoms with Gasteiger partial charge in [-0.25, -0.2) is 0 Å². The fourth-order valence-corrected chi connectivity index (χ4v) is 3.34. The van der Waals surface area contributed by atoms with E-state index in [-0.39, 0.29) is 5.43 Å². The number of thiophene rings is 1. The van der Waals surface area contributed by atoms with Crippen molar-refractivity contribution in [1.82, 2.24) is 0 Å². The van der Waals surface area contributed by atoms with E-state index in [1.807, 2.05) is 30.3 Å². The summed E-state index contributed by atoms with van der Waals surface area (Å²) >= 11 is 1.63. The molecule has 96 valence electrons. The fourth-order valence-electron chi connectivity index (χ4n) is 2.33. The van der Waals surface area contributed by atoms with E-state index in [0.717, 1.165) is 4.88 Å². The number of para-hydroxylation sites is 1. The smallest absolute Gasteiger partial charge is 0.193 e. The van der Waals surface area contributed by atoms with Crippen molar-refractivity contribution < 1.29 is 4.42 Å². The molecule has 0 fully saturated rings. The van der Waals surface area contributed by atoms with Crippen LogP contribution in [0.25, 0.3) is 31.7 Å². The molecule has 2 nitrogen and oxygen atoms in total. The Kier molecular flexibility index (Phi) is 2.47. The highest BCUT2D eigenvalue weighted by Crippen LogP contribution is 2.33. The molecule has 3 heteroatoms. The van der Waals surface area contributed by atoms with Crippen molar-refractivity contribution in [2.24, 2.45) is 0 Å². The van der Waals surface area contributed by atoms with Gasteiger partial charge in [-0.3, -0.25) is 4.79 Å². The minimum atomic E-state index is -0.000642. The van der Waals surface area contributed by atoms with Crippen LogP contribution in [0.1, 0.15) is 0 Å². The zero-order chi connectivity index (χ0) is 13.5. The first-order valence-corrected chi connectivity index (χ1v) is 7.15. The molecule has 0 amide bonds. The molecule has 0 unspecified atom stereocenters. The van der Waals surface area contributed by atoms with Gasteiger partial charge in [-0.2, -0.15) is 0 Å². The predicted molar refractivity (Wildman–Crippen MR) is 83.3 cm³/mol. The normalized spacial score (nSPS) is 11.2. The number of rotatable bonds is 1. The van der Waals surface area contributed by atoms with Gasteiger partial charge in [0.15, 0.2) is 5.43 Å². The Morgan fingerprint density at radius 3 is 2.60 bits per heavy atom. The molecule has 0 saturated carbocycles. The van der Waals surface area contributed by atoms with Crippen LogP contribution in [0, 0.1) is 0 Å². The van der Waals surface area contributed by atoms with Crippen LogP contribution in [-0.2, 0) is 0 Å². The van der Waals surface area contributed by atoms with Crippen LogP contribution in [0.5, 0.6) is 0 Å². The van der Waals surface area contributed by atoms with E-state index in [0.29, 0.717) is 16.7 Å². The maximum atomic E-state index is 12.1. The molecule has 4 rings (SSSR count). The van der Waals surface area contributed by atoms with Gasteiger partial charge in [-0.05, 0) is 29.7 Å². The SMILES string of the molecule is O=c1cc(-c2cc3ccccc3s2)oc2ccccc12. The molecular weight excluding hydrogens is 268 g/mol. The van der Waals surface area contributed by atoms with Gasteiger partial charge in [-0.15, -0.1) is 11.3 Å². The maximum absolute atomic E-state index is 12.1.